The fraction of sp³-hybridized carbons (Fsp3) is 0.364. The molecule has 1 fully saturated rings. The van der Waals surface area contributed by atoms with Crippen LogP contribution < -0.4 is 5.32 Å². The van der Waals surface area contributed by atoms with E-state index in [1.54, 1.807) is 0 Å². The monoisotopic (exact) mass is 224 g/mol. The Morgan fingerprint density at radius 1 is 1.47 bits per heavy atom. The summed E-state index contributed by atoms with van der Waals surface area (Å²) in [6.45, 7) is 2.34. The van der Waals surface area contributed by atoms with Gasteiger partial charge in [0.2, 0.25) is 0 Å². The summed E-state index contributed by atoms with van der Waals surface area (Å²) in [5.74, 6) is 0. The Balaban J connectivity index is 0.00000112. The van der Waals surface area contributed by atoms with Crippen molar-refractivity contribution < 1.29 is 4.74 Å². The van der Waals surface area contributed by atoms with Crippen LogP contribution in [0.2, 0.25) is 0 Å². The first-order valence-corrected chi connectivity index (χ1v) is 4.71. The van der Waals surface area contributed by atoms with Crippen LogP contribution in [0.25, 0.3) is 0 Å². The summed E-state index contributed by atoms with van der Waals surface area (Å²) in [5.41, 5.74) is 1.83. The number of ether oxygens (including phenoxy) is 1. The van der Waals surface area contributed by atoms with Crippen LogP contribution in [0.15, 0.2) is 24.3 Å². The lowest BCUT2D eigenvalue weighted by molar-refractivity contribution is 0.0769. The van der Waals surface area contributed by atoms with Crippen molar-refractivity contribution in [3.63, 3.8) is 0 Å². The van der Waals surface area contributed by atoms with Crippen LogP contribution in [0.5, 0.6) is 0 Å². The van der Waals surface area contributed by atoms with Crippen molar-refractivity contribution in [3.8, 4) is 6.07 Å². The summed E-state index contributed by atoms with van der Waals surface area (Å²) in [7, 11) is 0. The summed E-state index contributed by atoms with van der Waals surface area (Å²) in [6.07, 6.45) is 0. The average molecular weight is 225 g/mol. The smallest absolute Gasteiger partial charge is 0.0991 e. The Hall–Kier alpha value is -1.08. The number of nitriles is 1. The Bertz CT molecular complexity index is 356. The first-order chi connectivity index (χ1) is 6.90. The van der Waals surface area contributed by atoms with Gasteiger partial charge in [-0.15, -0.1) is 12.4 Å². The molecule has 1 saturated heterocycles. The second kappa shape index (κ2) is 5.72. The van der Waals surface area contributed by atoms with Gasteiger partial charge in [0.25, 0.3) is 0 Å². The molecular formula is C11H13ClN2O. The molecule has 0 aliphatic carbocycles. The van der Waals surface area contributed by atoms with Gasteiger partial charge in [0, 0.05) is 6.54 Å². The first-order valence-electron chi connectivity index (χ1n) is 4.71. The van der Waals surface area contributed by atoms with Gasteiger partial charge in [0.05, 0.1) is 30.9 Å². The van der Waals surface area contributed by atoms with Crippen LogP contribution in [0.4, 0.5) is 0 Å². The fourth-order valence-electron chi connectivity index (χ4n) is 1.60. The van der Waals surface area contributed by atoms with Gasteiger partial charge in [-0.2, -0.15) is 5.26 Å². The highest BCUT2D eigenvalue weighted by Crippen LogP contribution is 2.16. The standard InChI is InChI=1S/C11H12N2O.ClH/c12-7-9-2-1-3-10(6-9)11-8-14-5-4-13-11;/h1-3,6,11,13H,4-5,8H2;1H/t11-;/m1./s1. The highest BCUT2D eigenvalue weighted by molar-refractivity contribution is 5.85. The molecule has 0 radical (unpaired) electrons. The minimum atomic E-state index is 0. The lowest BCUT2D eigenvalue weighted by atomic mass is 10.0. The van der Waals surface area contributed by atoms with Gasteiger partial charge in [-0.25, -0.2) is 0 Å². The van der Waals surface area contributed by atoms with Crippen LogP contribution >= 0.6 is 12.4 Å². The number of hydrogen-bond donors (Lipinski definition) is 1. The van der Waals surface area contributed by atoms with Crippen molar-refractivity contribution in [1.29, 1.82) is 5.26 Å². The number of nitrogens with one attached hydrogen (secondary N) is 1. The van der Waals surface area contributed by atoms with E-state index in [0.717, 1.165) is 18.7 Å². The molecule has 0 spiro atoms. The van der Waals surface area contributed by atoms with E-state index in [9.17, 15) is 0 Å². The van der Waals surface area contributed by atoms with Crippen LogP contribution in [0.3, 0.4) is 0 Å². The number of morpholine rings is 1. The molecule has 4 heteroatoms. The fourth-order valence-corrected chi connectivity index (χ4v) is 1.60. The van der Waals surface area contributed by atoms with Gasteiger partial charge >= 0.3 is 0 Å². The highest BCUT2D eigenvalue weighted by Gasteiger charge is 2.14. The van der Waals surface area contributed by atoms with Crippen molar-refractivity contribution in [2.45, 2.75) is 6.04 Å². The molecule has 1 N–H and O–H groups in total. The summed E-state index contributed by atoms with van der Waals surface area (Å²) in [6, 6.07) is 10.0. The molecule has 15 heavy (non-hydrogen) atoms. The van der Waals surface area contributed by atoms with Crippen molar-refractivity contribution in [1.82, 2.24) is 5.32 Å². The lowest BCUT2D eigenvalue weighted by Crippen LogP contribution is -2.34. The minimum absolute atomic E-state index is 0. The average Bonchev–Trinajstić information content (AvgIpc) is 2.30. The molecule has 3 nitrogen and oxygen atoms in total. The number of nitrogens with zero attached hydrogens (tertiary/aromatic N) is 1. The SMILES string of the molecule is Cl.N#Cc1cccc([C@H]2COCCN2)c1. The number of rotatable bonds is 1. The van der Waals surface area contributed by atoms with E-state index >= 15 is 0 Å². The molecule has 1 aliphatic heterocycles. The van der Waals surface area contributed by atoms with Crippen LogP contribution in [0, 0.1) is 11.3 Å². The lowest BCUT2D eigenvalue weighted by Gasteiger charge is -2.24. The maximum absolute atomic E-state index is 8.76. The van der Waals surface area contributed by atoms with Crippen LogP contribution in [0.1, 0.15) is 17.2 Å². The molecule has 1 aliphatic rings. The van der Waals surface area contributed by atoms with Crippen molar-refractivity contribution >= 4 is 12.4 Å². The van der Waals surface area contributed by atoms with Gasteiger partial charge in [0.15, 0.2) is 0 Å². The number of hydrogen-bond acceptors (Lipinski definition) is 3. The number of benzene rings is 1. The van der Waals surface area contributed by atoms with Gasteiger partial charge in [-0.05, 0) is 17.7 Å². The van der Waals surface area contributed by atoms with E-state index in [4.69, 9.17) is 10.00 Å². The second-order valence-electron chi connectivity index (χ2n) is 3.32. The van der Waals surface area contributed by atoms with Gasteiger partial charge in [-0.3, -0.25) is 0 Å². The summed E-state index contributed by atoms with van der Waals surface area (Å²) in [5, 5.41) is 12.1. The molecule has 0 amide bonds. The molecule has 0 unspecified atom stereocenters. The molecule has 80 valence electrons. The molecule has 0 saturated carbocycles. The normalized spacial score (nSPS) is 20.1. The van der Waals surface area contributed by atoms with Gasteiger partial charge in [-0.1, -0.05) is 12.1 Å². The first kappa shape index (κ1) is 12.0. The molecule has 1 aromatic rings. The Morgan fingerprint density at radius 3 is 3.00 bits per heavy atom. The van der Waals surface area contributed by atoms with Crippen molar-refractivity contribution in [3.05, 3.63) is 35.4 Å². The van der Waals surface area contributed by atoms with E-state index in [2.05, 4.69) is 11.4 Å². The van der Waals surface area contributed by atoms with E-state index in [-0.39, 0.29) is 18.4 Å². The molecule has 0 bridgehead atoms. The number of halogens is 1. The van der Waals surface area contributed by atoms with Crippen molar-refractivity contribution in [2.75, 3.05) is 19.8 Å². The molecule has 0 aromatic heterocycles. The molecule has 1 heterocycles. The van der Waals surface area contributed by atoms with E-state index < -0.39 is 0 Å². The molecule has 2 rings (SSSR count). The van der Waals surface area contributed by atoms with Gasteiger partial charge in [0.1, 0.15) is 0 Å². The highest BCUT2D eigenvalue weighted by atomic mass is 35.5. The zero-order valence-corrected chi connectivity index (χ0v) is 9.09. The molecule has 1 aromatic carbocycles. The quantitative estimate of drug-likeness (QED) is 0.789. The molecular weight excluding hydrogens is 212 g/mol. The molecule has 1 atom stereocenters. The predicted molar refractivity (Wildman–Crippen MR) is 60.0 cm³/mol. The van der Waals surface area contributed by atoms with Crippen LogP contribution in [-0.4, -0.2) is 19.8 Å². The third kappa shape index (κ3) is 2.93. The van der Waals surface area contributed by atoms with Gasteiger partial charge < -0.3 is 10.1 Å². The van der Waals surface area contributed by atoms with Crippen LogP contribution in [-0.2, 0) is 4.74 Å². The second-order valence-corrected chi connectivity index (χ2v) is 3.32. The van der Waals surface area contributed by atoms with E-state index in [1.165, 1.54) is 0 Å². The zero-order valence-electron chi connectivity index (χ0n) is 8.27. The minimum Gasteiger partial charge on any atom is -0.378 e. The maximum Gasteiger partial charge on any atom is 0.0991 e. The Kier molecular flexibility index (Phi) is 4.57. The summed E-state index contributed by atoms with van der Waals surface area (Å²) in [4.78, 5) is 0. The Labute approximate surface area is 95.5 Å². The largest absolute Gasteiger partial charge is 0.378 e. The Morgan fingerprint density at radius 2 is 2.33 bits per heavy atom. The van der Waals surface area contributed by atoms with E-state index in [0.29, 0.717) is 12.2 Å². The summed E-state index contributed by atoms with van der Waals surface area (Å²) < 4.78 is 5.36. The maximum atomic E-state index is 8.76. The van der Waals surface area contributed by atoms with E-state index in [1.807, 2.05) is 24.3 Å². The summed E-state index contributed by atoms with van der Waals surface area (Å²) >= 11 is 0. The third-order valence-electron chi connectivity index (χ3n) is 2.34. The third-order valence-corrected chi connectivity index (χ3v) is 2.34. The predicted octanol–water partition coefficient (Wildman–Crippen LogP) is 1.64. The zero-order chi connectivity index (χ0) is 9.80. The topological polar surface area (TPSA) is 45.0 Å². The van der Waals surface area contributed by atoms with Crippen molar-refractivity contribution in [2.24, 2.45) is 0 Å².